The molecule has 0 radical (unpaired) electrons. The fourth-order valence-corrected chi connectivity index (χ4v) is 3.70. The van der Waals surface area contributed by atoms with Crippen LogP contribution in [0.15, 0.2) is 47.0 Å². The predicted molar refractivity (Wildman–Crippen MR) is 111 cm³/mol. The van der Waals surface area contributed by atoms with Crippen molar-refractivity contribution in [2.45, 2.75) is 20.4 Å². The molecule has 0 saturated carbocycles. The van der Waals surface area contributed by atoms with Crippen LogP contribution < -0.4 is 10.9 Å². The molecule has 0 saturated heterocycles. The molecule has 0 fully saturated rings. The maximum absolute atomic E-state index is 12.5. The lowest BCUT2D eigenvalue weighted by atomic mass is 10.1. The van der Waals surface area contributed by atoms with Crippen molar-refractivity contribution in [2.75, 3.05) is 5.32 Å². The number of rotatable bonds is 4. The number of hydrogen-bond acceptors (Lipinski definition) is 5. The van der Waals surface area contributed by atoms with Gasteiger partial charge in [0, 0.05) is 24.2 Å². The topological polar surface area (TPSA) is 81.8 Å². The van der Waals surface area contributed by atoms with Crippen molar-refractivity contribution in [1.82, 2.24) is 19.1 Å². The quantitative estimate of drug-likeness (QED) is 0.578. The van der Waals surface area contributed by atoms with Gasteiger partial charge in [0.1, 0.15) is 12.1 Å². The number of carbonyl (C=O) groups excluding carboxylic acids is 1. The fourth-order valence-electron chi connectivity index (χ4n) is 2.97. The third kappa shape index (κ3) is 3.34. The Labute approximate surface area is 165 Å². The first-order valence-electron chi connectivity index (χ1n) is 8.76. The molecule has 0 atom stereocenters. The average molecular weight is 393 g/mol. The van der Waals surface area contributed by atoms with Gasteiger partial charge in [0.25, 0.3) is 5.56 Å². The van der Waals surface area contributed by atoms with E-state index in [9.17, 15) is 9.59 Å². The maximum Gasteiger partial charge on any atom is 0.276 e. The third-order valence-corrected chi connectivity index (χ3v) is 5.47. The first kappa shape index (κ1) is 18.1. The molecule has 0 bridgehead atoms. The summed E-state index contributed by atoms with van der Waals surface area (Å²) in [7, 11) is 1.67. The van der Waals surface area contributed by atoms with Gasteiger partial charge in [0.15, 0.2) is 5.13 Å². The zero-order valence-corrected chi connectivity index (χ0v) is 16.6. The van der Waals surface area contributed by atoms with Crippen LogP contribution in [0.2, 0.25) is 0 Å². The van der Waals surface area contributed by atoms with Gasteiger partial charge in [-0.3, -0.25) is 9.59 Å². The summed E-state index contributed by atoms with van der Waals surface area (Å²) in [6.45, 7) is 4.13. The second kappa shape index (κ2) is 7.05. The zero-order chi connectivity index (χ0) is 19.8. The van der Waals surface area contributed by atoms with Crippen LogP contribution in [0.4, 0.5) is 5.13 Å². The number of pyridine rings is 1. The lowest BCUT2D eigenvalue weighted by Crippen LogP contribution is -2.22. The van der Waals surface area contributed by atoms with Gasteiger partial charge >= 0.3 is 0 Å². The molecule has 3 heterocycles. The minimum Gasteiger partial charge on any atom is -0.317 e. The Morgan fingerprint density at radius 2 is 2.04 bits per heavy atom. The minimum atomic E-state index is -0.258. The molecule has 1 amide bonds. The summed E-state index contributed by atoms with van der Waals surface area (Å²) >= 11 is 1.37. The highest BCUT2D eigenvalue weighted by molar-refractivity contribution is 7.14. The number of nitrogens with one attached hydrogen (secondary N) is 1. The fraction of sp³-hybridized carbons (Fsp3) is 0.200. The number of benzene rings is 1. The van der Waals surface area contributed by atoms with Crippen LogP contribution in [0, 0.1) is 13.8 Å². The number of fused-ring (bicyclic) bond motifs is 1. The number of amides is 1. The van der Waals surface area contributed by atoms with Crippen LogP contribution in [0.1, 0.15) is 11.1 Å². The van der Waals surface area contributed by atoms with E-state index >= 15 is 0 Å². The van der Waals surface area contributed by atoms with Crippen LogP contribution in [-0.4, -0.2) is 25.0 Å². The van der Waals surface area contributed by atoms with Crippen molar-refractivity contribution >= 4 is 33.4 Å². The summed E-state index contributed by atoms with van der Waals surface area (Å²) in [5.74, 6) is -0.258. The largest absolute Gasteiger partial charge is 0.317 e. The van der Waals surface area contributed by atoms with Crippen molar-refractivity contribution in [3.05, 3.63) is 63.7 Å². The Bertz CT molecular complexity index is 1250. The number of imidazole rings is 1. The normalized spacial score (nSPS) is 11.1. The monoisotopic (exact) mass is 393 g/mol. The summed E-state index contributed by atoms with van der Waals surface area (Å²) in [5, 5.41) is 5.25. The number of aryl methyl sites for hydroxylation is 3. The first-order chi connectivity index (χ1) is 13.4. The van der Waals surface area contributed by atoms with Gasteiger partial charge in [-0.05, 0) is 37.1 Å². The number of thiazole rings is 1. The minimum absolute atomic E-state index is 0.00565. The van der Waals surface area contributed by atoms with Gasteiger partial charge in [-0.15, -0.1) is 11.3 Å². The molecule has 3 aromatic heterocycles. The molecule has 7 nitrogen and oxygen atoms in total. The highest BCUT2D eigenvalue weighted by atomic mass is 32.1. The van der Waals surface area contributed by atoms with Gasteiger partial charge in [-0.25, -0.2) is 9.97 Å². The number of carbonyl (C=O) groups is 1. The summed E-state index contributed by atoms with van der Waals surface area (Å²) in [5.41, 5.74) is 5.07. The van der Waals surface area contributed by atoms with E-state index in [1.54, 1.807) is 23.9 Å². The van der Waals surface area contributed by atoms with E-state index in [1.165, 1.54) is 33.4 Å². The van der Waals surface area contributed by atoms with E-state index < -0.39 is 0 Å². The van der Waals surface area contributed by atoms with Crippen molar-refractivity contribution in [3.63, 3.8) is 0 Å². The molecular formula is C20H19N5O2S. The Morgan fingerprint density at radius 1 is 1.21 bits per heavy atom. The molecule has 8 heteroatoms. The number of anilines is 1. The van der Waals surface area contributed by atoms with Crippen LogP contribution in [0.5, 0.6) is 0 Å². The van der Waals surface area contributed by atoms with Crippen molar-refractivity contribution in [2.24, 2.45) is 7.05 Å². The number of aromatic nitrogens is 4. The smallest absolute Gasteiger partial charge is 0.276 e. The Hall–Kier alpha value is -3.26. The molecule has 0 spiro atoms. The molecule has 4 aromatic rings. The van der Waals surface area contributed by atoms with Crippen LogP contribution in [0.3, 0.4) is 0 Å². The van der Waals surface area contributed by atoms with E-state index in [-0.39, 0.29) is 18.0 Å². The van der Waals surface area contributed by atoms with Gasteiger partial charge in [-0.1, -0.05) is 12.1 Å². The van der Waals surface area contributed by atoms with E-state index in [1.807, 2.05) is 11.4 Å². The molecule has 142 valence electrons. The average Bonchev–Trinajstić information content (AvgIpc) is 3.28. The highest BCUT2D eigenvalue weighted by Gasteiger charge is 2.13. The molecule has 28 heavy (non-hydrogen) atoms. The molecule has 4 rings (SSSR count). The SMILES string of the molecule is Cc1ccc(-c2csc(NC(=O)Cn3cnc4ccn(C)c(=O)c43)n2)cc1C. The first-order valence-corrected chi connectivity index (χ1v) is 9.64. The molecule has 0 aliphatic heterocycles. The van der Waals surface area contributed by atoms with Crippen LogP contribution in [0.25, 0.3) is 22.3 Å². The standard InChI is InChI=1S/C20H19N5O2S/c1-12-4-5-14(8-13(12)2)16-10-28-20(22-16)23-17(26)9-25-11-21-15-6-7-24(3)19(27)18(15)25/h4-8,10-11H,9H2,1-3H3,(H,22,23,26). The number of nitrogens with zero attached hydrogens (tertiary/aromatic N) is 4. The molecule has 1 aromatic carbocycles. The number of hydrogen-bond donors (Lipinski definition) is 1. The lowest BCUT2D eigenvalue weighted by molar-refractivity contribution is -0.116. The molecule has 1 N–H and O–H groups in total. The van der Waals surface area contributed by atoms with E-state index in [0.717, 1.165) is 11.3 Å². The van der Waals surface area contributed by atoms with Crippen LogP contribution in [-0.2, 0) is 18.4 Å². The van der Waals surface area contributed by atoms with E-state index in [0.29, 0.717) is 16.2 Å². The van der Waals surface area contributed by atoms with Crippen molar-refractivity contribution in [1.29, 1.82) is 0 Å². The molecular weight excluding hydrogens is 374 g/mol. The second-order valence-corrected chi connectivity index (χ2v) is 7.58. The van der Waals surface area contributed by atoms with Gasteiger partial charge < -0.3 is 14.5 Å². The van der Waals surface area contributed by atoms with E-state index in [4.69, 9.17) is 0 Å². The Morgan fingerprint density at radius 3 is 2.82 bits per heavy atom. The van der Waals surface area contributed by atoms with Gasteiger partial charge in [0.2, 0.25) is 5.91 Å². The van der Waals surface area contributed by atoms with Crippen molar-refractivity contribution in [3.8, 4) is 11.3 Å². The predicted octanol–water partition coefficient (Wildman–Crippen LogP) is 3.11. The third-order valence-electron chi connectivity index (χ3n) is 4.71. The van der Waals surface area contributed by atoms with Gasteiger partial charge in [-0.2, -0.15) is 0 Å². The second-order valence-electron chi connectivity index (χ2n) is 6.72. The summed E-state index contributed by atoms with van der Waals surface area (Å²) in [4.78, 5) is 33.5. The Kier molecular flexibility index (Phi) is 4.56. The molecule has 0 aliphatic carbocycles. The highest BCUT2D eigenvalue weighted by Crippen LogP contribution is 2.26. The summed E-state index contributed by atoms with van der Waals surface area (Å²) < 4.78 is 3.03. The molecule has 0 unspecified atom stereocenters. The summed E-state index contributed by atoms with van der Waals surface area (Å²) in [6.07, 6.45) is 3.17. The maximum atomic E-state index is 12.5. The summed E-state index contributed by atoms with van der Waals surface area (Å²) in [6, 6.07) is 7.93. The van der Waals surface area contributed by atoms with Crippen molar-refractivity contribution < 1.29 is 4.79 Å². The van der Waals surface area contributed by atoms with Crippen LogP contribution >= 0.6 is 11.3 Å². The Balaban J connectivity index is 1.52. The lowest BCUT2D eigenvalue weighted by Gasteiger charge is -2.05. The zero-order valence-electron chi connectivity index (χ0n) is 15.8. The van der Waals surface area contributed by atoms with Gasteiger partial charge in [0.05, 0.1) is 17.5 Å². The van der Waals surface area contributed by atoms with E-state index in [2.05, 4.69) is 41.3 Å². The molecule has 0 aliphatic rings.